The number of benzene rings is 3. The lowest BCUT2D eigenvalue weighted by Crippen LogP contribution is -2.41. The summed E-state index contributed by atoms with van der Waals surface area (Å²) in [6.45, 7) is 1.72. The van der Waals surface area contributed by atoms with E-state index in [4.69, 9.17) is 19.6 Å². The van der Waals surface area contributed by atoms with Gasteiger partial charge in [0, 0.05) is 24.0 Å². The molecule has 0 radical (unpaired) electrons. The van der Waals surface area contributed by atoms with Crippen molar-refractivity contribution in [2.75, 3.05) is 14.2 Å². The first-order valence-corrected chi connectivity index (χ1v) is 14.5. The number of nitrogens with one attached hydrogen (secondary N) is 3. The fourth-order valence-electron chi connectivity index (χ4n) is 5.29. The van der Waals surface area contributed by atoms with Gasteiger partial charge in [0.25, 0.3) is 0 Å². The monoisotopic (exact) mass is 585 g/mol. The van der Waals surface area contributed by atoms with Crippen LogP contribution in [0.1, 0.15) is 60.8 Å². The number of hydrogen-bond acceptors (Lipinski definition) is 7. The molecule has 3 N–H and O–H groups in total. The largest absolute Gasteiger partial charge is 0.497 e. The van der Waals surface area contributed by atoms with Crippen LogP contribution < -0.4 is 20.1 Å². The van der Waals surface area contributed by atoms with E-state index in [1.807, 2.05) is 30.3 Å². The molecular weight excluding hydrogens is 546 g/mol. The van der Waals surface area contributed by atoms with Gasteiger partial charge in [-0.25, -0.2) is 4.79 Å². The van der Waals surface area contributed by atoms with Crippen LogP contribution in [0.3, 0.4) is 0 Å². The summed E-state index contributed by atoms with van der Waals surface area (Å²) in [5.41, 5.74) is 3.37. The number of carbonyl (C=O) groups is 3. The summed E-state index contributed by atoms with van der Waals surface area (Å²) in [5.74, 6) is 1.30. The molecule has 226 valence electrons. The Morgan fingerprint density at radius 3 is 2.23 bits per heavy atom. The molecule has 0 unspecified atom stereocenters. The maximum Gasteiger partial charge on any atom is 0.413 e. The van der Waals surface area contributed by atoms with Crippen molar-refractivity contribution in [2.45, 2.75) is 57.6 Å². The van der Waals surface area contributed by atoms with Crippen molar-refractivity contribution in [1.29, 1.82) is 5.41 Å². The second kappa shape index (κ2) is 15.0. The van der Waals surface area contributed by atoms with E-state index in [9.17, 15) is 14.4 Å². The molecule has 3 aromatic rings. The minimum Gasteiger partial charge on any atom is -0.497 e. The van der Waals surface area contributed by atoms with Crippen molar-refractivity contribution in [3.63, 3.8) is 0 Å². The van der Waals surface area contributed by atoms with Crippen molar-refractivity contribution in [1.82, 2.24) is 10.6 Å². The fraction of sp³-hybridized carbons (Fsp3) is 0.353. The Kier molecular flexibility index (Phi) is 10.9. The van der Waals surface area contributed by atoms with Gasteiger partial charge >= 0.3 is 6.09 Å². The van der Waals surface area contributed by atoms with Gasteiger partial charge in [-0.2, -0.15) is 0 Å². The SMILES string of the molecule is COc1cc(COC(=O)NC(=N)c2ccc(CCC(=O)[C@H](C)NC(=O)[C@@H]3CC[C@@H](c4ccccc4)C3)cc2)cc(OC)c1. The van der Waals surface area contributed by atoms with Gasteiger partial charge in [0.2, 0.25) is 5.91 Å². The third-order valence-electron chi connectivity index (χ3n) is 7.83. The van der Waals surface area contributed by atoms with Crippen LogP contribution in [-0.4, -0.2) is 43.9 Å². The zero-order chi connectivity index (χ0) is 30.8. The molecule has 1 saturated carbocycles. The molecule has 1 aliphatic rings. The molecule has 4 rings (SSSR count). The predicted octanol–water partition coefficient (Wildman–Crippen LogP) is 5.55. The zero-order valence-corrected chi connectivity index (χ0v) is 24.9. The summed E-state index contributed by atoms with van der Waals surface area (Å²) >= 11 is 0. The van der Waals surface area contributed by atoms with Gasteiger partial charge in [-0.15, -0.1) is 0 Å². The highest BCUT2D eigenvalue weighted by Crippen LogP contribution is 2.38. The first-order chi connectivity index (χ1) is 20.7. The number of ketones is 1. The highest BCUT2D eigenvalue weighted by atomic mass is 16.5. The van der Waals surface area contributed by atoms with Crippen molar-refractivity contribution in [3.8, 4) is 11.5 Å². The average molecular weight is 586 g/mol. The number of carbonyl (C=O) groups excluding carboxylic acids is 3. The van der Waals surface area contributed by atoms with Crippen molar-refractivity contribution in [3.05, 3.63) is 95.1 Å². The Bertz CT molecular complexity index is 1400. The molecule has 0 heterocycles. The molecule has 9 heteroatoms. The zero-order valence-electron chi connectivity index (χ0n) is 24.9. The molecule has 1 aliphatic carbocycles. The van der Waals surface area contributed by atoms with E-state index in [0.29, 0.717) is 35.0 Å². The maximum absolute atomic E-state index is 12.8. The van der Waals surface area contributed by atoms with Crippen LogP contribution >= 0.6 is 0 Å². The third kappa shape index (κ3) is 8.91. The summed E-state index contributed by atoms with van der Waals surface area (Å²) in [6.07, 6.45) is 2.65. The average Bonchev–Trinajstić information content (AvgIpc) is 3.54. The molecular formula is C34H39N3O6. The first kappa shape index (κ1) is 31.3. The summed E-state index contributed by atoms with van der Waals surface area (Å²) in [5, 5.41) is 13.6. The number of aryl methyl sites for hydroxylation is 1. The summed E-state index contributed by atoms with van der Waals surface area (Å²) < 4.78 is 15.7. The number of amidine groups is 1. The second-order valence-corrected chi connectivity index (χ2v) is 10.8. The summed E-state index contributed by atoms with van der Waals surface area (Å²) in [6, 6.07) is 22.0. The molecule has 1 fully saturated rings. The standard InChI is InChI=1S/C34H39N3O6/c1-22(36-33(39)28-15-14-27(19-28)25-7-5-4-6-8-25)31(38)16-11-23-9-12-26(13-10-23)32(35)37-34(40)43-21-24-17-29(41-2)20-30(18-24)42-3/h4-10,12-13,17-18,20,22,27-28H,11,14-16,19,21H2,1-3H3,(H,36,39)(H2,35,37,40)/t22-,27+,28+/m0/s1. The Morgan fingerprint density at radius 2 is 1.58 bits per heavy atom. The summed E-state index contributed by atoms with van der Waals surface area (Å²) in [4.78, 5) is 37.8. The number of hydrogen-bond donors (Lipinski definition) is 3. The minimum absolute atomic E-state index is 0.0205. The van der Waals surface area contributed by atoms with E-state index in [0.717, 1.165) is 24.8 Å². The van der Waals surface area contributed by atoms with Crippen LogP contribution in [0.5, 0.6) is 11.5 Å². The van der Waals surface area contributed by atoms with Crippen LogP contribution in [-0.2, 0) is 27.4 Å². The van der Waals surface area contributed by atoms with Crippen LogP contribution in [0.15, 0.2) is 72.8 Å². The normalized spacial score (nSPS) is 16.5. The van der Waals surface area contributed by atoms with Gasteiger partial charge in [0.1, 0.15) is 23.9 Å². The van der Waals surface area contributed by atoms with Gasteiger partial charge < -0.3 is 19.5 Å². The lowest BCUT2D eigenvalue weighted by molar-refractivity contribution is -0.129. The molecule has 9 nitrogen and oxygen atoms in total. The minimum atomic E-state index is -0.759. The molecule has 0 aromatic heterocycles. The Labute approximate surface area is 252 Å². The highest BCUT2D eigenvalue weighted by Gasteiger charge is 2.31. The lowest BCUT2D eigenvalue weighted by Gasteiger charge is -2.17. The molecule has 3 atom stereocenters. The van der Waals surface area contributed by atoms with E-state index >= 15 is 0 Å². The van der Waals surface area contributed by atoms with Gasteiger partial charge in [-0.05, 0) is 67.3 Å². The summed E-state index contributed by atoms with van der Waals surface area (Å²) in [7, 11) is 3.07. The number of ether oxygens (including phenoxy) is 3. The van der Waals surface area contributed by atoms with Crippen molar-refractivity contribution >= 4 is 23.6 Å². The number of methoxy groups -OCH3 is 2. The predicted molar refractivity (Wildman–Crippen MR) is 164 cm³/mol. The fourth-order valence-corrected chi connectivity index (χ4v) is 5.29. The van der Waals surface area contributed by atoms with Crippen LogP contribution in [0.2, 0.25) is 0 Å². The Hall–Kier alpha value is -4.66. The van der Waals surface area contributed by atoms with Gasteiger partial charge in [0.05, 0.1) is 20.3 Å². The molecule has 2 amide bonds. The lowest BCUT2D eigenvalue weighted by atomic mass is 9.96. The number of alkyl carbamates (subject to hydrolysis) is 1. The number of amides is 2. The number of rotatable bonds is 12. The van der Waals surface area contributed by atoms with E-state index in [2.05, 4.69) is 22.8 Å². The topological polar surface area (TPSA) is 127 Å². The smallest absolute Gasteiger partial charge is 0.413 e. The van der Waals surface area contributed by atoms with Gasteiger partial charge in [-0.3, -0.25) is 20.3 Å². The van der Waals surface area contributed by atoms with Crippen LogP contribution in [0, 0.1) is 11.3 Å². The molecule has 0 bridgehead atoms. The van der Waals surface area contributed by atoms with Crippen molar-refractivity contribution in [2.24, 2.45) is 5.92 Å². The van der Waals surface area contributed by atoms with E-state index in [-0.39, 0.29) is 36.5 Å². The number of Topliss-reactive ketones (excluding diaryl/α,β-unsaturated/α-hetero) is 1. The highest BCUT2D eigenvalue weighted by molar-refractivity contribution is 6.04. The van der Waals surface area contributed by atoms with E-state index < -0.39 is 12.1 Å². The van der Waals surface area contributed by atoms with Crippen LogP contribution in [0.4, 0.5) is 4.79 Å². The van der Waals surface area contributed by atoms with Gasteiger partial charge in [-0.1, -0.05) is 54.6 Å². The van der Waals surface area contributed by atoms with E-state index in [1.54, 1.807) is 37.3 Å². The van der Waals surface area contributed by atoms with Crippen molar-refractivity contribution < 1.29 is 28.6 Å². The quantitative estimate of drug-likeness (QED) is 0.189. The molecule has 0 spiro atoms. The molecule has 43 heavy (non-hydrogen) atoms. The third-order valence-corrected chi connectivity index (χ3v) is 7.83. The Balaban J connectivity index is 1.18. The first-order valence-electron chi connectivity index (χ1n) is 14.5. The van der Waals surface area contributed by atoms with E-state index in [1.165, 1.54) is 19.8 Å². The molecule has 0 saturated heterocycles. The maximum atomic E-state index is 12.8. The van der Waals surface area contributed by atoms with Gasteiger partial charge in [0.15, 0.2) is 5.78 Å². The molecule has 0 aliphatic heterocycles. The second-order valence-electron chi connectivity index (χ2n) is 10.8. The Morgan fingerprint density at radius 1 is 0.907 bits per heavy atom. The van der Waals surface area contributed by atoms with Crippen LogP contribution in [0.25, 0.3) is 0 Å². The molecule has 3 aromatic carbocycles.